The zero-order valence-electron chi connectivity index (χ0n) is 13.6. The Bertz CT molecular complexity index is 736. The van der Waals surface area contributed by atoms with Crippen molar-refractivity contribution >= 4 is 12.1 Å². The van der Waals surface area contributed by atoms with Crippen LogP contribution in [-0.2, 0) is 11.3 Å². The summed E-state index contributed by atoms with van der Waals surface area (Å²) < 4.78 is 6.89. The molecule has 0 radical (unpaired) electrons. The van der Waals surface area contributed by atoms with E-state index in [9.17, 15) is 9.59 Å². The highest BCUT2D eigenvalue weighted by atomic mass is 16.5. The van der Waals surface area contributed by atoms with Gasteiger partial charge in [-0.25, -0.2) is 5.43 Å². The first-order valence-electron chi connectivity index (χ1n) is 7.89. The fraction of sp³-hybridized carbons (Fsp3) is 0.278. The summed E-state index contributed by atoms with van der Waals surface area (Å²) in [6.45, 7) is 2.76. The average molecular weight is 327 g/mol. The molecular formula is C18H21N3O3. The van der Waals surface area contributed by atoms with Crippen LogP contribution in [0.15, 0.2) is 58.6 Å². The van der Waals surface area contributed by atoms with E-state index in [1.807, 2.05) is 24.3 Å². The number of nitrogens with zero attached hydrogens (tertiary/aromatic N) is 2. The van der Waals surface area contributed by atoms with Crippen LogP contribution in [0.4, 0.5) is 0 Å². The number of carbonyl (C=O) groups is 1. The van der Waals surface area contributed by atoms with Crippen molar-refractivity contribution < 1.29 is 9.53 Å². The van der Waals surface area contributed by atoms with Crippen molar-refractivity contribution in [2.45, 2.75) is 26.3 Å². The summed E-state index contributed by atoms with van der Waals surface area (Å²) in [4.78, 5) is 23.3. The van der Waals surface area contributed by atoms with E-state index in [-0.39, 0.29) is 18.0 Å². The van der Waals surface area contributed by atoms with E-state index in [4.69, 9.17) is 4.74 Å². The van der Waals surface area contributed by atoms with Gasteiger partial charge in [0.1, 0.15) is 12.3 Å². The van der Waals surface area contributed by atoms with Crippen molar-refractivity contribution in [3.05, 3.63) is 64.6 Å². The molecule has 1 aromatic carbocycles. The number of unbranched alkanes of at least 4 members (excludes halogenated alkanes) is 1. The molecule has 0 unspecified atom stereocenters. The van der Waals surface area contributed by atoms with Crippen molar-refractivity contribution in [2.24, 2.45) is 5.10 Å². The first-order valence-corrected chi connectivity index (χ1v) is 7.89. The highest BCUT2D eigenvalue weighted by molar-refractivity contribution is 5.82. The number of pyridine rings is 1. The minimum absolute atomic E-state index is 0.0682. The second-order valence-corrected chi connectivity index (χ2v) is 5.23. The standard InChI is InChI=1S/C18H21N3O3/c1-2-3-12-24-16-9-7-15(8-10-16)13-19-20-17(22)14-21-11-5-4-6-18(21)23/h4-11,13H,2-3,12,14H2,1H3,(H,20,22)/b19-13-. The van der Waals surface area contributed by atoms with Crippen LogP contribution in [-0.4, -0.2) is 23.3 Å². The van der Waals surface area contributed by atoms with Crippen molar-refractivity contribution in [2.75, 3.05) is 6.61 Å². The first kappa shape index (κ1) is 17.5. The maximum Gasteiger partial charge on any atom is 0.260 e. The van der Waals surface area contributed by atoms with Crippen LogP contribution >= 0.6 is 0 Å². The molecule has 0 atom stereocenters. The Kier molecular flexibility index (Phi) is 6.76. The van der Waals surface area contributed by atoms with Crippen molar-refractivity contribution in [3.63, 3.8) is 0 Å². The SMILES string of the molecule is CCCCOc1ccc(/C=N\NC(=O)Cn2ccccc2=O)cc1. The lowest BCUT2D eigenvalue weighted by Crippen LogP contribution is -2.28. The highest BCUT2D eigenvalue weighted by Gasteiger charge is 2.02. The van der Waals surface area contributed by atoms with E-state index in [1.54, 1.807) is 24.5 Å². The monoisotopic (exact) mass is 327 g/mol. The number of hydrogen-bond acceptors (Lipinski definition) is 4. The van der Waals surface area contributed by atoms with Gasteiger partial charge in [-0.1, -0.05) is 19.4 Å². The number of amides is 1. The maximum atomic E-state index is 11.8. The molecule has 0 saturated carbocycles. The van der Waals surface area contributed by atoms with Gasteiger partial charge in [-0.15, -0.1) is 0 Å². The minimum atomic E-state index is -0.362. The lowest BCUT2D eigenvalue weighted by Gasteiger charge is -2.05. The first-order chi connectivity index (χ1) is 11.7. The van der Waals surface area contributed by atoms with Gasteiger partial charge in [-0.2, -0.15) is 5.10 Å². The number of aromatic nitrogens is 1. The molecule has 0 aliphatic carbocycles. The van der Waals surface area contributed by atoms with E-state index >= 15 is 0 Å². The molecule has 24 heavy (non-hydrogen) atoms. The van der Waals surface area contributed by atoms with Crippen LogP contribution in [0.25, 0.3) is 0 Å². The van der Waals surface area contributed by atoms with Gasteiger partial charge in [0.05, 0.1) is 12.8 Å². The summed E-state index contributed by atoms with van der Waals surface area (Å²) in [5.41, 5.74) is 3.02. The number of carbonyl (C=O) groups excluding carboxylic acids is 1. The zero-order chi connectivity index (χ0) is 17.2. The number of nitrogens with one attached hydrogen (secondary N) is 1. The Morgan fingerprint density at radius 1 is 1.25 bits per heavy atom. The predicted octanol–water partition coefficient (Wildman–Crippen LogP) is 2.18. The molecule has 2 rings (SSSR count). The summed E-state index contributed by atoms with van der Waals surface area (Å²) in [5.74, 6) is 0.451. The summed E-state index contributed by atoms with van der Waals surface area (Å²) in [7, 11) is 0. The fourth-order valence-electron chi connectivity index (χ4n) is 1.94. The van der Waals surface area contributed by atoms with Gasteiger partial charge >= 0.3 is 0 Å². The van der Waals surface area contributed by atoms with Crippen LogP contribution in [0.3, 0.4) is 0 Å². The molecule has 126 valence electrons. The third-order valence-electron chi connectivity index (χ3n) is 3.26. The molecule has 0 spiro atoms. The van der Waals surface area contributed by atoms with Crippen LogP contribution < -0.4 is 15.7 Å². The quantitative estimate of drug-likeness (QED) is 0.459. The largest absolute Gasteiger partial charge is 0.494 e. The van der Waals surface area contributed by atoms with Crippen LogP contribution in [0, 0.1) is 0 Å². The number of benzene rings is 1. The van der Waals surface area contributed by atoms with Crippen molar-refractivity contribution in [1.82, 2.24) is 9.99 Å². The molecule has 0 aliphatic heterocycles. The van der Waals surface area contributed by atoms with Gasteiger partial charge in [0.15, 0.2) is 0 Å². The third-order valence-corrected chi connectivity index (χ3v) is 3.26. The molecule has 0 aliphatic rings. The average Bonchev–Trinajstić information content (AvgIpc) is 2.59. The van der Waals surface area contributed by atoms with E-state index in [0.29, 0.717) is 6.61 Å². The second-order valence-electron chi connectivity index (χ2n) is 5.23. The second kappa shape index (κ2) is 9.29. The molecule has 1 N–H and O–H groups in total. The smallest absolute Gasteiger partial charge is 0.260 e. The van der Waals surface area contributed by atoms with Gasteiger partial charge in [-0.05, 0) is 42.3 Å². The summed E-state index contributed by atoms with van der Waals surface area (Å²) in [6, 6.07) is 12.2. The van der Waals surface area contributed by atoms with E-state index < -0.39 is 0 Å². The van der Waals surface area contributed by atoms with Crippen LogP contribution in [0.2, 0.25) is 0 Å². The predicted molar refractivity (Wildman–Crippen MR) is 93.3 cm³/mol. The maximum absolute atomic E-state index is 11.8. The lowest BCUT2D eigenvalue weighted by atomic mass is 10.2. The normalized spacial score (nSPS) is 10.7. The van der Waals surface area contributed by atoms with E-state index in [0.717, 1.165) is 24.2 Å². The van der Waals surface area contributed by atoms with Crippen LogP contribution in [0.5, 0.6) is 5.75 Å². The molecular weight excluding hydrogens is 306 g/mol. The minimum Gasteiger partial charge on any atom is -0.494 e. The summed E-state index contributed by atoms with van der Waals surface area (Å²) in [6.07, 6.45) is 5.23. The highest BCUT2D eigenvalue weighted by Crippen LogP contribution is 2.11. The van der Waals surface area contributed by atoms with Crippen molar-refractivity contribution in [3.8, 4) is 5.75 Å². The Labute approximate surface area is 140 Å². The van der Waals surface area contributed by atoms with E-state index in [1.165, 1.54) is 10.6 Å². The fourth-order valence-corrected chi connectivity index (χ4v) is 1.94. The number of ether oxygens (including phenoxy) is 1. The number of hydrazone groups is 1. The number of hydrogen-bond donors (Lipinski definition) is 1. The van der Waals surface area contributed by atoms with Gasteiger partial charge in [0.2, 0.25) is 0 Å². The van der Waals surface area contributed by atoms with Gasteiger partial charge in [0, 0.05) is 12.3 Å². The van der Waals surface area contributed by atoms with E-state index in [2.05, 4.69) is 17.5 Å². The summed E-state index contributed by atoms with van der Waals surface area (Å²) in [5, 5.41) is 3.89. The Morgan fingerprint density at radius 2 is 2.04 bits per heavy atom. The molecule has 2 aromatic rings. The molecule has 6 heteroatoms. The Morgan fingerprint density at radius 3 is 2.75 bits per heavy atom. The number of rotatable bonds is 8. The Balaban J connectivity index is 1.82. The molecule has 1 amide bonds. The lowest BCUT2D eigenvalue weighted by molar-refractivity contribution is -0.121. The third kappa shape index (κ3) is 5.72. The van der Waals surface area contributed by atoms with Crippen LogP contribution in [0.1, 0.15) is 25.3 Å². The molecule has 6 nitrogen and oxygen atoms in total. The zero-order valence-corrected chi connectivity index (χ0v) is 13.6. The van der Waals surface area contributed by atoms with Gasteiger partial charge < -0.3 is 9.30 Å². The topological polar surface area (TPSA) is 72.7 Å². The molecule has 0 bridgehead atoms. The van der Waals surface area contributed by atoms with Crippen molar-refractivity contribution in [1.29, 1.82) is 0 Å². The molecule has 0 saturated heterocycles. The molecule has 1 heterocycles. The molecule has 1 aromatic heterocycles. The summed E-state index contributed by atoms with van der Waals surface area (Å²) >= 11 is 0. The Hall–Kier alpha value is -2.89. The van der Waals surface area contributed by atoms with Gasteiger partial charge in [0.25, 0.3) is 11.5 Å². The molecule has 0 fully saturated rings. The van der Waals surface area contributed by atoms with Gasteiger partial charge in [-0.3, -0.25) is 9.59 Å².